The molecule has 10 heteroatoms. The standard InChI is InChI=1S/C20H22Cl2FN3O3S/c1-30(28,29)16-4-3-15(25-12-16)11-24-13-20(23)6-8-26(9-7-20)19(27)14-2-5-17(21)18(22)10-14/h2-5,10,12,24H,6-9,11,13H2,1H3. The Morgan fingerprint density at radius 3 is 2.47 bits per heavy atom. The molecule has 6 nitrogen and oxygen atoms in total. The first-order chi connectivity index (χ1) is 14.1. The maximum Gasteiger partial charge on any atom is 0.253 e. The number of pyridine rings is 1. The number of nitrogens with one attached hydrogen (secondary N) is 1. The van der Waals surface area contributed by atoms with Crippen LogP contribution in [0.4, 0.5) is 4.39 Å². The van der Waals surface area contributed by atoms with Gasteiger partial charge in [-0.3, -0.25) is 9.78 Å². The zero-order valence-corrected chi connectivity index (χ0v) is 18.7. The molecule has 162 valence electrons. The van der Waals surface area contributed by atoms with E-state index in [0.717, 1.165) is 6.26 Å². The van der Waals surface area contributed by atoms with Gasteiger partial charge in [0.15, 0.2) is 9.84 Å². The highest BCUT2D eigenvalue weighted by Gasteiger charge is 2.36. The fourth-order valence-corrected chi connectivity index (χ4v) is 4.11. The van der Waals surface area contributed by atoms with E-state index in [4.69, 9.17) is 23.2 Å². The number of hydrogen-bond donors (Lipinski definition) is 1. The molecule has 1 fully saturated rings. The van der Waals surface area contributed by atoms with Gasteiger partial charge in [-0.25, -0.2) is 12.8 Å². The fourth-order valence-electron chi connectivity index (χ4n) is 3.25. The van der Waals surface area contributed by atoms with Gasteiger partial charge in [0.05, 0.1) is 20.6 Å². The Morgan fingerprint density at radius 2 is 1.90 bits per heavy atom. The minimum Gasteiger partial charge on any atom is -0.338 e. The smallest absolute Gasteiger partial charge is 0.253 e. The summed E-state index contributed by atoms with van der Waals surface area (Å²) in [6, 6.07) is 7.79. The molecule has 0 radical (unpaired) electrons. The van der Waals surface area contributed by atoms with Crippen LogP contribution in [0, 0.1) is 0 Å². The molecule has 0 spiro atoms. The van der Waals surface area contributed by atoms with Gasteiger partial charge in [0.25, 0.3) is 5.91 Å². The number of sulfone groups is 1. The molecule has 0 aliphatic carbocycles. The summed E-state index contributed by atoms with van der Waals surface area (Å²) >= 11 is 11.9. The first kappa shape index (κ1) is 22.9. The molecular formula is C20H22Cl2FN3O3S. The average molecular weight is 474 g/mol. The number of rotatable bonds is 6. The first-order valence-corrected chi connectivity index (χ1v) is 12.0. The molecule has 0 unspecified atom stereocenters. The highest BCUT2D eigenvalue weighted by molar-refractivity contribution is 7.90. The van der Waals surface area contributed by atoms with Gasteiger partial charge in [0, 0.05) is 57.0 Å². The predicted octanol–water partition coefficient (Wildman–Crippen LogP) is 3.53. The van der Waals surface area contributed by atoms with E-state index in [1.165, 1.54) is 18.3 Å². The lowest BCUT2D eigenvalue weighted by molar-refractivity contribution is 0.0434. The third-order valence-electron chi connectivity index (χ3n) is 5.09. The maximum absolute atomic E-state index is 15.1. The van der Waals surface area contributed by atoms with Crippen molar-refractivity contribution in [2.24, 2.45) is 0 Å². The molecule has 1 aromatic heterocycles. The van der Waals surface area contributed by atoms with E-state index in [1.807, 2.05) is 0 Å². The summed E-state index contributed by atoms with van der Waals surface area (Å²) in [7, 11) is -3.29. The van der Waals surface area contributed by atoms with Crippen molar-refractivity contribution in [3.8, 4) is 0 Å². The number of halogens is 3. The number of carbonyl (C=O) groups excluding carboxylic acids is 1. The largest absolute Gasteiger partial charge is 0.338 e. The van der Waals surface area contributed by atoms with Gasteiger partial charge in [0.2, 0.25) is 0 Å². The van der Waals surface area contributed by atoms with Crippen LogP contribution in [-0.2, 0) is 16.4 Å². The molecular weight excluding hydrogens is 452 g/mol. The zero-order chi connectivity index (χ0) is 21.9. The zero-order valence-electron chi connectivity index (χ0n) is 16.4. The highest BCUT2D eigenvalue weighted by Crippen LogP contribution is 2.28. The van der Waals surface area contributed by atoms with Crippen molar-refractivity contribution in [2.75, 3.05) is 25.9 Å². The number of nitrogens with zero attached hydrogens (tertiary/aromatic N) is 2. The Hall–Kier alpha value is -1.74. The molecule has 1 aliphatic heterocycles. The molecule has 1 N–H and O–H groups in total. The second-order valence-electron chi connectivity index (χ2n) is 7.43. The predicted molar refractivity (Wildman–Crippen MR) is 114 cm³/mol. The van der Waals surface area contributed by atoms with E-state index in [9.17, 15) is 13.2 Å². The van der Waals surface area contributed by atoms with E-state index in [2.05, 4.69) is 10.3 Å². The number of likely N-dealkylation sites (tertiary alicyclic amines) is 1. The quantitative estimate of drug-likeness (QED) is 0.693. The van der Waals surface area contributed by atoms with Crippen LogP contribution in [-0.4, -0.2) is 55.8 Å². The Morgan fingerprint density at radius 1 is 1.20 bits per heavy atom. The van der Waals surface area contributed by atoms with Crippen LogP contribution < -0.4 is 5.32 Å². The first-order valence-electron chi connectivity index (χ1n) is 9.36. The lowest BCUT2D eigenvalue weighted by Gasteiger charge is -2.36. The van der Waals surface area contributed by atoms with E-state index < -0.39 is 15.5 Å². The Kier molecular flexibility index (Phi) is 7.02. The number of amides is 1. The third kappa shape index (κ3) is 5.69. The normalized spacial score (nSPS) is 16.5. The number of alkyl halides is 1. The molecule has 1 aromatic carbocycles. The Balaban J connectivity index is 1.50. The minimum absolute atomic E-state index is 0.122. The summed E-state index contributed by atoms with van der Waals surface area (Å²) in [4.78, 5) is 18.5. The van der Waals surface area contributed by atoms with Crippen molar-refractivity contribution in [3.63, 3.8) is 0 Å². The van der Waals surface area contributed by atoms with E-state index in [-0.39, 0.29) is 30.2 Å². The molecule has 1 saturated heterocycles. The van der Waals surface area contributed by atoms with Gasteiger partial charge in [-0.05, 0) is 30.3 Å². The summed E-state index contributed by atoms with van der Waals surface area (Å²) in [6.45, 7) is 1.05. The van der Waals surface area contributed by atoms with Crippen molar-refractivity contribution >= 4 is 38.9 Å². The van der Waals surface area contributed by atoms with Crippen molar-refractivity contribution in [2.45, 2.75) is 30.0 Å². The fraction of sp³-hybridized carbons (Fsp3) is 0.400. The monoisotopic (exact) mass is 473 g/mol. The number of aromatic nitrogens is 1. The molecule has 2 heterocycles. The number of benzene rings is 1. The van der Waals surface area contributed by atoms with Gasteiger partial charge in [-0.15, -0.1) is 0 Å². The van der Waals surface area contributed by atoms with Gasteiger partial charge < -0.3 is 10.2 Å². The van der Waals surface area contributed by atoms with Crippen LogP contribution in [0.1, 0.15) is 28.9 Å². The molecule has 3 rings (SSSR count). The second-order valence-corrected chi connectivity index (χ2v) is 10.3. The topological polar surface area (TPSA) is 79.4 Å². The lowest BCUT2D eigenvalue weighted by Crippen LogP contribution is -2.48. The number of piperidine rings is 1. The van der Waals surface area contributed by atoms with Crippen LogP contribution in [0.15, 0.2) is 41.4 Å². The maximum atomic E-state index is 15.1. The Bertz CT molecular complexity index is 1020. The molecule has 1 amide bonds. The second kappa shape index (κ2) is 9.18. The summed E-state index contributed by atoms with van der Waals surface area (Å²) in [5.41, 5.74) is -0.378. The molecule has 30 heavy (non-hydrogen) atoms. The summed E-state index contributed by atoms with van der Waals surface area (Å²) < 4.78 is 38.0. The van der Waals surface area contributed by atoms with Crippen molar-refractivity contribution in [1.29, 1.82) is 0 Å². The number of carbonyl (C=O) groups is 1. The SMILES string of the molecule is CS(=O)(=O)c1ccc(CNCC2(F)CCN(C(=O)c3ccc(Cl)c(Cl)c3)CC2)nc1. The molecule has 1 aliphatic rings. The van der Waals surface area contributed by atoms with E-state index in [0.29, 0.717) is 40.9 Å². The van der Waals surface area contributed by atoms with Crippen molar-refractivity contribution in [1.82, 2.24) is 15.2 Å². The van der Waals surface area contributed by atoms with Crippen LogP contribution in [0.5, 0.6) is 0 Å². The summed E-state index contributed by atoms with van der Waals surface area (Å²) in [5.74, 6) is -0.196. The van der Waals surface area contributed by atoms with Crippen LogP contribution in [0.2, 0.25) is 10.0 Å². The van der Waals surface area contributed by atoms with Gasteiger partial charge in [-0.2, -0.15) is 0 Å². The average Bonchev–Trinajstić information content (AvgIpc) is 2.70. The molecule has 0 bridgehead atoms. The van der Waals surface area contributed by atoms with Crippen LogP contribution >= 0.6 is 23.2 Å². The number of hydrogen-bond acceptors (Lipinski definition) is 5. The van der Waals surface area contributed by atoms with Crippen LogP contribution in [0.3, 0.4) is 0 Å². The molecule has 0 saturated carbocycles. The Labute approximate surface area is 185 Å². The summed E-state index contributed by atoms with van der Waals surface area (Å²) in [5, 5.41) is 3.72. The van der Waals surface area contributed by atoms with E-state index in [1.54, 1.807) is 23.1 Å². The summed E-state index contributed by atoms with van der Waals surface area (Å²) in [6.07, 6.45) is 2.85. The van der Waals surface area contributed by atoms with Crippen molar-refractivity contribution in [3.05, 3.63) is 57.8 Å². The van der Waals surface area contributed by atoms with Gasteiger partial charge in [0.1, 0.15) is 5.67 Å². The lowest BCUT2D eigenvalue weighted by atomic mass is 9.92. The van der Waals surface area contributed by atoms with E-state index >= 15 is 4.39 Å². The minimum atomic E-state index is -3.29. The van der Waals surface area contributed by atoms with Crippen molar-refractivity contribution < 1.29 is 17.6 Å². The van der Waals surface area contributed by atoms with Gasteiger partial charge >= 0.3 is 0 Å². The third-order valence-corrected chi connectivity index (χ3v) is 6.92. The molecule has 2 aromatic rings. The van der Waals surface area contributed by atoms with Gasteiger partial charge in [-0.1, -0.05) is 23.2 Å². The molecule has 0 atom stereocenters. The highest BCUT2D eigenvalue weighted by atomic mass is 35.5. The van der Waals surface area contributed by atoms with Crippen LogP contribution in [0.25, 0.3) is 0 Å².